The van der Waals surface area contributed by atoms with Gasteiger partial charge in [-0.2, -0.15) is 17.6 Å². The zero-order valence-electron chi connectivity index (χ0n) is 30.8. The van der Waals surface area contributed by atoms with Crippen LogP contribution < -0.4 is 18.9 Å². The fraction of sp³-hybridized carbons (Fsp3) is 0.0698. The van der Waals surface area contributed by atoms with E-state index in [2.05, 4.69) is 9.47 Å². The maximum absolute atomic E-state index is 14.0. The van der Waals surface area contributed by atoms with Crippen molar-refractivity contribution in [2.24, 2.45) is 0 Å². The Bertz CT molecular complexity index is 2510. The van der Waals surface area contributed by atoms with E-state index in [0.717, 1.165) is 24.3 Å². The van der Waals surface area contributed by atoms with Crippen molar-refractivity contribution in [1.29, 1.82) is 0 Å². The topological polar surface area (TPSA) is 105 Å². The molecule has 0 spiro atoms. The second-order valence-corrected chi connectivity index (χ2v) is 13.2. The number of rotatable bonds is 10. The summed E-state index contributed by atoms with van der Waals surface area (Å²) in [7, 11) is 0. The molecule has 0 radical (unpaired) electrons. The molecular formula is C43H22F10O8. The number of carbonyl (C=O) groups excluding carboxylic acids is 4. The third-order valence-corrected chi connectivity index (χ3v) is 8.97. The number of hydrogen-bond acceptors (Lipinski definition) is 8. The van der Waals surface area contributed by atoms with Crippen molar-refractivity contribution < 1.29 is 82.0 Å². The Balaban J connectivity index is 1.08. The minimum Gasteiger partial charge on any atom is -0.423 e. The molecule has 0 bridgehead atoms. The minimum absolute atomic E-state index is 0.0519. The van der Waals surface area contributed by atoms with E-state index >= 15 is 0 Å². The van der Waals surface area contributed by atoms with E-state index in [0.29, 0.717) is 11.1 Å². The molecule has 0 aromatic heterocycles. The normalized spacial score (nSPS) is 11.2. The van der Waals surface area contributed by atoms with Gasteiger partial charge in [-0.25, -0.2) is 45.5 Å². The van der Waals surface area contributed by atoms with Crippen LogP contribution in [0.5, 0.6) is 23.0 Å². The lowest BCUT2D eigenvalue weighted by Gasteiger charge is -2.26. The Morgan fingerprint density at radius 2 is 0.607 bits per heavy atom. The molecular weight excluding hydrogens is 834 g/mol. The van der Waals surface area contributed by atoms with Crippen molar-refractivity contribution in [2.45, 2.75) is 19.3 Å². The van der Waals surface area contributed by atoms with E-state index in [9.17, 15) is 63.1 Å². The van der Waals surface area contributed by atoms with E-state index in [1.54, 1.807) is 24.3 Å². The molecule has 0 saturated heterocycles. The van der Waals surface area contributed by atoms with Crippen molar-refractivity contribution in [1.82, 2.24) is 0 Å². The fourth-order valence-electron chi connectivity index (χ4n) is 5.58. The molecule has 6 aromatic carbocycles. The first-order chi connectivity index (χ1) is 28.8. The molecule has 18 heteroatoms. The third-order valence-electron chi connectivity index (χ3n) is 8.97. The Hall–Kier alpha value is -7.50. The van der Waals surface area contributed by atoms with Gasteiger partial charge in [-0.05, 0) is 71.8 Å². The number of carbonyl (C=O) groups is 4. The number of benzene rings is 6. The molecule has 8 nitrogen and oxygen atoms in total. The molecule has 0 unspecified atom stereocenters. The molecule has 0 fully saturated rings. The predicted molar refractivity (Wildman–Crippen MR) is 190 cm³/mol. The van der Waals surface area contributed by atoms with E-state index in [1.165, 1.54) is 48.5 Å². The monoisotopic (exact) mass is 856 g/mol. The summed E-state index contributed by atoms with van der Waals surface area (Å²) in [6, 6.07) is 21.1. The molecule has 0 aliphatic rings. The number of esters is 4. The van der Waals surface area contributed by atoms with Gasteiger partial charge in [-0.3, -0.25) is 0 Å². The van der Waals surface area contributed by atoms with Gasteiger partial charge in [0.15, 0.2) is 0 Å². The molecule has 0 N–H and O–H groups in total. The van der Waals surface area contributed by atoms with Crippen LogP contribution in [0, 0.1) is 58.2 Å². The number of ether oxygens (including phenoxy) is 4. The average Bonchev–Trinajstić information content (AvgIpc) is 3.26. The second kappa shape index (κ2) is 17.0. The van der Waals surface area contributed by atoms with Gasteiger partial charge in [0.1, 0.15) is 11.5 Å². The van der Waals surface area contributed by atoms with Crippen molar-refractivity contribution in [3.8, 4) is 23.0 Å². The summed E-state index contributed by atoms with van der Waals surface area (Å²) in [6.45, 7) is 3.70. The Kier molecular flexibility index (Phi) is 12.0. The number of halogens is 10. The van der Waals surface area contributed by atoms with Crippen molar-refractivity contribution >= 4 is 23.9 Å². The highest BCUT2D eigenvalue weighted by molar-refractivity contribution is 5.97. The van der Waals surface area contributed by atoms with Crippen LogP contribution in [-0.2, 0) is 5.41 Å². The SMILES string of the molecule is CC(C)(c1ccc(OC(=O)c2cccc(C(=O)Oc3c(F)c(F)c(F)c(F)c3F)c2)cc1)c1ccc(OC(=O)c2cccc(C(=O)Oc3c(F)c(F)c(F)c(F)c3F)c2)cc1. The van der Waals surface area contributed by atoms with E-state index in [1.807, 2.05) is 13.8 Å². The van der Waals surface area contributed by atoms with Gasteiger partial charge in [-0.1, -0.05) is 50.2 Å². The lowest BCUT2D eigenvalue weighted by atomic mass is 9.78. The molecule has 312 valence electrons. The smallest absolute Gasteiger partial charge is 0.343 e. The van der Waals surface area contributed by atoms with Crippen LogP contribution in [0.3, 0.4) is 0 Å². The first-order valence-electron chi connectivity index (χ1n) is 17.1. The van der Waals surface area contributed by atoms with Crippen LogP contribution in [0.15, 0.2) is 97.1 Å². The zero-order chi connectivity index (χ0) is 44.5. The van der Waals surface area contributed by atoms with Crippen LogP contribution in [0.25, 0.3) is 0 Å². The summed E-state index contributed by atoms with van der Waals surface area (Å²) in [5.41, 5.74) is -0.725. The highest BCUT2D eigenvalue weighted by atomic mass is 19.2. The van der Waals surface area contributed by atoms with Gasteiger partial charge in [0.05, 0.1) is 22.3 Å². The van der Waals surface area contributed by atoms with Crippen LogP contribution in [-0.4, -0.2) is 23.9 Å². The van der Waals surface area contributed by atoms with E-state index in [4.69, 9.17) is 9.47 Å². The van der Waals surface area contributed by atoms with E-state index < -0.39 is 110 Å². The van der Waals surface area contributed by atoms with Gasteiger partial charge in [0, 0.05) is 5.41 Å². The highest BCUT2D eigenvalue weighted by Crippen LogP contribution is 2.35. The molecule has 6 aromatic rings. The quantitative estimate of drug-likeness (QED) is 0.0441. The van der Waals surface area contributed by atoms with Crippen LogP contribution >= 0.6 is 0 Å². The Morgan fingerprint density at radius 3 is 0.885 bits per heavy atom. The third kappa shape index (κ3) is 8.64. The predicted octanol–water partition coefficient (Wildman–Crippen LogP) is 10.3. The molecule has 0 atom stereocenters. The lowest BCUT2D eigenvalue weighted by molar-refractivity contribution is 0.0703. The molecule has 6 rings (SSSR count). The molecule has 0 saturated carbocycles. The maximum Gasteiger partial charge on any atom is 0.343 e. The van der Waals surface area contributed by atoms with Crippen molar-refractivity contribution in [2.75, 3.05) is 0 Å². The lowest BCUT2D eigenvalue weighted by Crippen LogP contribution is -2.19. The first kappa shape index (κ1) is 43.1. The van der Waals surface area contributed by atoms with E-state index in [-0.39, 0.29) is 22.6 Å². The molecule has 0 aliphatic heterocycles. The summed E-state index contributed by atoms with van der Waals surface area (Å²) in [4.78, 5) is 50.9. The Labute approximate surface area is 336 Å². The first-order valence-corrected chi connectivity index (χ1v) is 17.1. The highest BCUT2D eigenvalue weighted by Gasteiger charge is 2.31. The summed E-state index contributed by atoms with van der Waals surface area (Å²) in [5, 5.41) is 0. The fourth-order valence-corrected chi connectivity index (χ4v) is 5.58. The van der Waals surface area contributed by atoms with Gasteiger partial charge in [0.25, 0.3) is 0 Å². The molecule has 61 heavy (non-hydrogen) atoms. The molecule has 0 heterocycles. The van der Waals surface area contributed by atoms with Crippen LogP contribution in [0.1, 0.15) is 66.4 Å². The average molecular weight is 857 g/mol. The van der Waals surface area contributed by atoms with Gasteiger partial charge >= 0.3 is 23.9 Å². The van der Waals surface area contributed by atoms with Gasteiger partial charge in [0.2, 0.25) is 69.7 Å². The van der Waals surface area contributed by atoms with Crippen molar-refractivity contribution in [3.05, 3.63) is 189 Å². The summed E-state index contributed by atoms with van der Waals surface area (Å²) in [6.07, 6.45) is 0. The van der Waals surface area contributed by atoms with Crippen LogP contribution in [0.4, 0.5) is 43.9 Å². The largest absolute Gasteiger partial charge is 0.423 e. The molecule has 0 aliphatic carbocycles. The van der Waals surface area contributed by atoms with Gasteiger partial charge < -0.3 is 18.9 Å². The standard InChI is InChI=1S/C43H22F10O8/c1-43(2,23-9-13-25(14-10-23)58-39(54)19-5-3-7-21(17-19)41(56)60-37-33(50)29(46)27(44)30(47)34(37)51)24-11-15-26(16-12-24)59-40(55)20-6-4-8-22(18-20)42(57)61-38-35(52)31(48)28(45)32(49)36(38)53/h3-18H,1-2H3. The molecule has 0 amide bonds. The second-order valence-electron chi connectivity index (χ2n) is 13.2. The summed E-state index contributed by atoms with van der Waals surface area (Å²) in [5.74, 6) is -32.3. The zero-order valence-corrected chi connectivity index (χ0v) is 30.8. The minimum atomic E-state index is -2.45. The Morgan fingerprint density at radius 1 is 0.361 bits per heavy atom. The summed E-state index contributed by atoms with van der Waals surface area (Å²) < 4.78 is 157. The van der Waals surface area contributed by atoms with Crippen molar-refractivity contribution in [3.63, 3.8) is 0 Å². The van der Waals surface area contributed by atoms with Gasteiger partial charge in [-0.15, -0.1) is 0 Å². The summed E-state index contributed by atoms with van der Waals surface area (Å²) >= 11 is 0. The number of hydrogen-bond donors (Lipinski definition) is 0. The van der Waals surface area contributed by atoms with Crippen LogP contribution in [0.2, 0.25) is 0 Å². The maximum atomic E-state index is 14.0.